The van der Waals surface area contributed by atoms with E-state index < -0.39 is 66.6 Å². The lowest BCUT2D eigenvalue weighted by atomic mass is 9.78. The third-order valence-electron chi connectivity index (χ3n) is 4.85. The van der Waals surface area contributed by atoms with Crippen molar-refractivity contribution >= 4 is 17.8 Å². The second kappa shape index (κ2) is 4.25. The molecule has 0 saturated carbocycles. The molecule has 4 aliphatic heterocycles. The molecule has 0 aromatic heterocycles. The molecule has 9 nitrogen and oxygen atoms in total. The van der Waals surface area contributed by atoms with Crippen LogP contribution in [0.15, 0.2) is 0 Å². The number of ether oxygens (including phenoxy) is 4. The SMILES string of the molecule is COC1(C)OC2C3O[C@@H](C4C(=O)N(CC(=O)O)C(=O)C34)[C@H]2O1. The highest BCUT2D eigenvalue weighted by Crippen LogP contribution is 2.54. The lowest BCUT2D eigenvalue weighted by molar-refractivity contribution is -0.330. The van der Waals surface area contributed by atoms with Crippen molar-refractivity contribution in [3.05, 3.63) is 0 Å². The van der Waals surface area contributed by atoms with E-state index in [1.807, 2.05) is 0 Å². The van der Waals surface area contributed by atoms with Crippen LogP contribution in [0.5, 0.6) is 0 Å². The summed E-state index contributed by atoms with van der Waals surface area (Å²) >= 11 is 0. The predicted molar refractivity (Wildman–Crippen MR) is 65.2 cm³/mol. The van der Waals surface area contributed by atoms with Gasteiger partial charge in [0.05, 0.1) is 24.0 Å². The van der Waals surface area contributed by atoms with Gasteiger partial charge in [0.2, 0.25) is 11.8 Å². The molecule has 4 aliphatic rings. The molecule has 7 atom stereocenters. The van der Waals surface area contributed by atoms with Gasteiger partial charge in [-0.3, -0.25) is 19.3 Å². The number of methoxy groups -OCH3 is 1. The molecule has 4 rings (SSSR count). The first-order valence-electron chi connectivity index (χ1n) is 6.99. The van der Waals surface area contributed by atoms with E-state index in [-0.39, 0.29) is 0 Å². The number of imide groups is 1. The Morgan fingerprint density at radius 1 is 1.18 bits per heavy atom. The topological polar surface area (TPSA) is 112 Å². The number of fused-ring (bicyclic) bond motifs is 8. The van der Waals surface area contributed by atoms with Gasteiger partial charge in [-0.15, -0.1) is 0 Å². The maximum Gasteiger partial charge on any atom is 0.323 e. The van der Waals surface area contributed by atoms with Crippen molar-refractivity contribution < 1.29 is 38.4 Å². The Kier molecular flexibility index (Phi) is 2.72. The minimum absolute atomic E-state index is 0.502. The Morgan fingerprint density at radius 2 is 1.68 bits per heavy atom. The minimum atomic E-state index is -1.23. The van der Waals surface area contributed by atoms with Crippen molar-refractivity contribution in [3.63, 3.8) is 0 Å². The van der Waals surface area contributed by atoms with Gasteiger partial charge in [0.1, 0.15) is 18.8 Å². The molecule has 0 aromatic carbocycles. The standard InChI is InChI=1S/C13H15NO8/c1-13(19-2)21-9-7-5-6(8(20-7)10(9)22-13)12(18)14(11(5)17)3-4(15)16/h5-10H,3H2,1-2H3,(H,15,16)/t5?,6?,7-,8?,9+,10?,13?/m0/s1. The number of carboxylic acid groups (broad SMARTS) is 1. The van der Waals surface area contributed by atoms with Crippen molar-refractivity contribution in [2.45, 2.75) is 37.3 Å². The molecule has 2 bridgehead atoms. The van der Waals surface area contributed by atoms with Crippen LogP contribution in [-0.2, 0) is 33.3 Å². The first-order valence-corrected chi connectivity index (χ1v) is 6.99. The van der Waals surface area contributed by atoms with Gasteiger partial charge in [-0.2, -0.15) is 0 Å². The molecule has 2 amide bonds. The van der Waals surface area contributed by atoms with Gasteiger partial charge in [-0.25, -0.2) is 0 Å². The number of rotatable bonds is 3. The smallest absolute Gasteiger partial charge is 0.323 e. The summed E-state index contributed by atoms with van der Waals surface area (Å²) in [5, 5.41) is 8.84. The minimum Gasteiger partial charge on any atom is -0.480 e. The van der Waals surface area contributed by atoms with E-state index in [1.165, 1.54) is 7.11 Å². The molecule has 120 valence electrons. The number of carbonyl (C=O) groups is 3. The quantitative estimate of drug-likeness (QED) is 0.630. The molecule has 4 saturated heterocycles. The molecule has 1 N–H and O–H groups in total. The van der Waals surface area contributed by atoms with Crippen LogP contribution in [-0.4, -0.2) is 71.8 Å². The third kappa shape index (κ3) is 1.59. The summed E-state index contributed by atoms with van der Waals surface area (Å²) in [5.41, 5.74) is 0. The first-order chi connectivity index (χ1) is 10.4. The third-order valence-corrected chi connectivity index (χ3v) is 4.85. The van der Waals surface area contributed by atoms with Gasteiger partial charge in [-0.1, -0.05) is 0 Å². The second-order valence-corrected chi connectivity index (χ2v) is 6.00. The zero-order chi connectivity index (χ0) is 15.8. The van der Waals surface area contributed by atoms with Crippen molar-refractivity contribution in [2.24, 2.45) is 11.8 Å². The van der Waals surface area contributed by atoms with Crippen LogP contribution in [0, 0.1) is 11.8 Å². The lowest BCUT2D eigenvalue weighted by Gasteiger charge is -2.24. The number of nitrogens with zero attached hydrogens (tertiary/aromatic N) is 1. The molecule has 0 aliphatic carbocycles. The van der Waals surface area contributed by atoms with Crippen LogP contribution in [0.3, 0.4) is 0 Å². The molecular formula is C13H15NO8. The van der Waals surface area contributed by atoms with E-state index >= 15 is 0 Å². The average Bonchev–Trinajstić information content (AvgIpc) is 3.14. The number of hydrogen-bond donors (Lipinski definition) is 1. The summed E-state index contributed by atoms with van der Waals surface area (Å²) in [4.78, 5) is 36.4. The van der Waals surface area contributed by atoms with Crippen molar-refractivity contribution in [1.82, 2.24) is 4.90 Å². The van der Waals surface area contributed by atoms with Gasteiger partial charge >= 0.3 is 5.97 Å². The predicted octanol–water partition coefficient (Wildman–Crippen LogP) is -1.44. The van der Waals surface area contributed by atoms with E-state index in [0.29, 0.717) is 0 Å². The summed E-state index contributed by atoms with van der Waals surface area (Å²) in [6.45, 7) is 0.984. The zero-order valence-electron chi connectivity index (χ0n) is 11.9. The first kappa shape index (κ1) is 14.1. The summed E-state index contributed by atoms with van der Waals surface area (Å²) in [7, 11) is 1.44. The zero-order valence-corrected chi connectivity index (χ0v) is 11.9. The number of amides is 2. The van der Waals surface area contributed by atoms with Crippen LogP contribution in [0.2, 0.25) is 0 Å². The van der Waals surface area contributed by atoms with Gasteiger partial charge in [0, 0.05) is 14.0 Å². The Balaban J connectivity index is 1.63. The van der Waals surface area contributed by atoms with E-state index in [4.69, 9.17) is 24.1 Å². The highest BCUT2D eigenvalue weighted by atomic mass is 16.9. The van der Waals surface area contributed by atoms with E-state index in [1.54, 1.807) is 6.92 Å². The molecule has 0 spiro atoms. The van der Waals surface area contributed by atoms with Crippen LogP contribution in [0.4, 0.5) is 0 Å². The fraction of sp³-hybridized carbons (Fsp3) is 0.769. The fourth-order valence-electron chi connectivity index (χ4n) is 3.93. The Bertz CT molecular complexity index is 540. The monoisotopic (exact) mass is 313 g/mol. The summed E-state index contributed by atoms with van der Waals surface area (Å²) in [5.74, 6) is -4.89. The van der Waals surface area contributed by atoms with Gasteiger partial charge < -0.3 is 24.1 Å². The van der Waals surface area contributed by atoms with E-state index in [9.17, 15) is 14.4 Å². The Labute approximate surface area is 125 Å². The lowest BCUT2D eigenvalue weighted by Crippen LogP contribution is -2.46. The number of hydrogen-bond acceptors (Lipinski definition) is 7. The van der Waals surface area contributed by atoms with Gasteiger partial charge in [0.15, 0.2) is 0 Å². The Hall–Kier alpha value is -1.55. The van der Waals surface area contributed by atoms with Crippen molar-refractivity contribution in [2.75, 3.05) is 13.7 Å². The molecule has 4 heterocycles. The highest BCUT2D eigenvalue weighted by Gasteiger charge is 2.73. The van der Waals surface area contributed by atoms with Crippen LogP contribution in [0.25, 0.3) is 0 Å². The molecular weight excluding hydrogens is 298 g/mol. The molecule has 0 radical (unpaired) electrons. The number of carbonyl (C=O) groups excluding carboxylic acids is 2. The number of carboxylic acids is 1. The van der Waals surface area contributed by atoms with Gasteiger partial charge in [-0.05, 0) is 0 Å². The second-order valence-electron chi connectivity index (χ2n) is 6.00. The molecule has 4 fully saturated rings. The van der Waals surface area contributed by atoms with Gasteiger partial charge in [0.25, 0.3) is 5.97 Å². The summed E-state index contributed by atoms with van der Waals surface area (Å²) < 4.78 is 22.3. The maximum atomic E-state index is 12.4. The van der Waals surface area contributed by atoms with Crippen LogP contribution in [0.1, 0.15) is 6.92 Å². The number of aliphatic carboxylic acids is 1. The number of likely N-dealkylation sites (tertiary alicyclic amines) is 1. The normalized spacial score (nSPS) is 48.9. The van der Waals surface area contributed by atoms with Crippen LogP contribution >= 0.6 is 0 Å². The van der Waals surface area contributed by atoms with E-state index in [2.05, 4.69) is 0 Å². The summed E-state index contributed by atoms with van der Waals surface area (Å²) in [6, 6.07) is 0. The molecule has 0 aromatic rings. The highest BCUT2D eigenvalue weighted by molar-refractivity contribution is 6.08. The fourth-order valence-corrected chi connectivity index (χ4v) is 3.93. The van der Waals surface area contributed by atoms with Crippen LogP contribution < -0.4 is 0 Å². The van der Waals surface area contributed by atoms with Crippen molar-refractivity contribution in [3.8, 4) is 0 Å². The Morgan fingerprint density at radius 3 is 2.09 bits per heavy atom. The van der Waals surface area contributed by atoms with Crippen molar-refractivity contribution in [1.29, 1.82) is 0 Å². The maximum absolute atomic E-state index is 12.4. The average molecular weight is 313 g/mol. The van der Waals surface area contributed by atoms with E-state index in [0.717, 1.165) is 4.90 Å². The molecule has 5 unspecified atom stereocenters. The largest absolute Gasteiger partial charge is 0.480 e. The molecule has 22 heavy (non-hydrogen) atoms. The summed E-state index contributed by atoms with van der Waals surface area (Å²) in [6.07, 6.45) is -2.24. The molecule has 9 heteroatoms.